The van der Waals surface area contributed by atoms with E-state index in [0.717, 1.165) is 16.8 Å². The summed E-state index contributed by atoms with van der Waals surface area (Å²) < 4.78 is 5.27. The van der Waals surface area contributed by atoms with Crippen LogP contribution in [0.2, 0.25) is 0 Å². The molecule has 0 saturated heterocycles. The quantitative estimate of drug-likeness (QED) is 0.875. The summed E-state index contributed by atoms with van der Waals surface area (Å²) in [5, 5.41) is 2.85. The molecule has 0 aliphatic carbocycles. The summed E-state index contributed by atoms with van der Waals surface area (Å²) >= 11 is 0. The third kappa shape index (κ3) is 2.31. The molecule has 0 saturated carbocycles. The van der Waals surface area contributed by atoms with Gasteiger partial charge in [0.05, 0.1) is 6.26 Å². The molecule has 1 atom stereocenters. The van der Waals surface area contributed by atoms with Crippen LogP contribution in [0.5, 0.6) is 0 Å². The zero-order chi connectivity index (χ0) is 15.0. The zero-order valence-corrected chi connectivity index (χ0v) is 11.9. The first-order valence-electron chi connectivity index (χ1n) is 6.82. The first kappa shape index (κ1) is 13.4. The van der Waals surface area contributed by atoms with Gasteiger partial charge in [-0.05, 0) is 31.5 Å². The van der Waals surface area contributed by atoms with E-state index in [1.807, 2.05) is 31.2 Å². The van der Waals surface area contributed by atoms with E-state index in [-0.39, 0.29) is 17.6 Å². The molecule has 0 radical (unpaired) electrons. The van der Waals surface area contributed by atoms with E-state index in [4.69, 9.17) is 4.42 Å². The van der Waals surface area contributed by atoms with Gasteiger partial charge in [-0.3, -0.25) is 9.59 Å². The van der Waals surface area contributed by atoms with Gasteiger partial charge in [0.1, 0.15) is 6.04 Å². The molecule has 0 bridgehead atoms. The van der Waals surface area contributed by atoms with Gasteiger partial charge in [-0.25, -0.2) is 0 Å². The van der Waals surface area contributed by atoms with Crippen LogP contribution in [0.15, 0.2) is 41.0 Å². The van der Waals surface area contributed by atoms with Gasteiger partial charge in [0, 0.05) is 17.8 Å². The van der Waals surface area contributed by atoms with Crippen molar-refractivity contribution in [2.45, 2.75) is 26.4 Å². The zero-order valence-electron chi connectivity index (χ0n) is 11.9. The van der Waals surface area contributed by atoms with Crippen molar-refractivity contribution in [2.24, 2.45) is 0 Å². The topological polar surface area (TPSA) is 62.6 Å². The number of benzene rings is 1. The van der Waals surface area contributed by atoms with Gasteiger partial charge in [0.25, 0.3) is 5.91 Å². The average Bonchev–Trinajstić information content (AvgIpc) is 2.85. The molecule has 3 rings (SSSR count). The highest BCUT2D eigenvalue weighted by atomic mass is 16.3. The van der Waals surface area contributed by atoms with Gasteiger partial charge in [-0.15, -0.1) is 0 Å². The lowest BCUT2D eigenvalue weighted by Gasteiger charge is -2.25. The predicted molar refractivity (Wildman–Crippen MR) is 77.9 cm³/mol. The Hall–Kier alpha value is -2.56. The van der Waals surface area contributed by atoms with Crippen molar-refractivity contribution in [1.82, 2.24) is 4.90 Å². The smallest absolute Gasteiger partial charge is 0.290 e. The van der Waals surface area contributed by atoms with E-state index in [0.29, 0.717) is 6.54 Å². The maximum Gasteiger partial charge on any atom is 0.290 e. The van der Waals surface area contributed by atoms with Crippen LogP contribution >= 0.6 is 0 Å². The van der Waals surface area contributed by atoms with Crippen LogP contribution in [0, 0.1) is 6.92 Å². The van der Waals surface area contributed by atoms with Crippen LogP contribution in [0.4, 0.5) is 5.69 Å². The van der Waals surface area contributed by atoms with Crippen molar-refractivity contribution in [3.63, 3.8) is 0 Å². The standard InChI is InChI=1S/C16H16N2O3/c1-10-7-8-21-14(10)16(20)18-9-12-5-3-4-6-13(12)17-15(19)11(18)2/h3-8,11H,9H2,1-2H3,(H,17,19). The third-order valence-corrected chi connectivity index (χ3v) is 3.78. The van der Waals surface area contributed by atoms with E-state index in [1.165, 1.54) is 11.2 Å². The number of rotatable bonds is 1. The third-order valence-electron chi connectivity index (χ3n) is 3.78. The number of hydrogen-bond donors (Lipinski definition) is 1. The SMILES string of the molecule is Cc1ccoc1C(=O)N1Cc2ccccc2NC(=O)C1C. The molecular formula is C16H16N2O3. The lowest BCUT2D eigenvalue weighted by Crippen LogP contribution is -2.43. The summed E-state index contributed by atoms with van der Waals surface area (Å²) in [6, 6.07) is 8.67. The number of amides is 2. The summed E-state index contributed by atoms with van der Waals surface area (Å²) in [4.78, 5) is 26.4. The largest absolute Gasteiger partial charge is 0.459 e. The van der Waals surface area contributed by atoms with Crippen LogP contribution in [-0.4, -0.2) is 22.8 Å². The number of furan rings is 1. The van der Waals surface area contributed by atoms with Gasteiger partial charge in [0.15, 0.2) is 5.76 Å². The molecule has 1 aromatic heterocycles. The molecule has 1 aromatic carbocycles. The van der Waals surface area contributed by atoms with Crippen LogP contribution in [0.1, 0.15) is 28.6 Å². The van der Waals surface area contributed by atoms with Gasteiger partial charge >= 0.3 is 0 Å². The second-order valence-corrected chi connectivity index (χ2v) is 5.19. The maximum absolute atomic E-state index is 12.7. The summed E-state index contributed by atoms with van der Waals surface area (Å²) in [7, 11) is 0. The molecule has 1 unspecified atom stereocenters. The molecule has 5 nitrogen and oxygen atoms in total. The van der Waals surface area contributed by atoms with Crippen LogP contribution in [-0.2, 0) is 11.3 Å². The van der Waals surface area contributed by atoms with Crippen molar-refractivity contribution in [3.8, 4) is 0 Å². The van der Waals surface area contributed by atoms with E-state index in [1.54, 1.807) is 13.0 Å². The Labute approximate surface area is 122 Å². The van der Waals surface area contributed by atoms with Gasteiger partial charge < -0.3 is 14.6 Å². The van der Waals surface area contributed by atoms with E-state index < -0.39 is 6.04 Å². The number of nitrogens with one attached hydrogen (secondary N) is 1. The number of fused-ring (bicyclic) bond motifs is 1. The molecule has 0 fully saturated rings. The molecule has 1 aliphatic rings. The number of para-hydroxylation sites is 1. The lowest BCUT2D eigenvalue weighted by atomic mass is 10.1. The lowest BCUT2D eigenvalue weighted by molar-refractivity contribution is -0.120. The first-order valence-corrected chi connectivity index (χ1v) is 6.82. The highest BCUT2D eigenvalue weighted by Gasteiger charge is 2.32. The van der Waals surface area contributed by atoms with Gasteiger partial charge in [0.2, 0.25) is 5.91 Å². The second-order valence-electron chi connectivity index (χ2n) is 5.19. The Morgan fingerprint density at radius 3 is 2.81 bits per heavy atom. The summed E-state index contributed by atoms with van der Waals surface area (Å²) in [6.45, 7) is 3.90. The van der Waals surface area contributed by atoms with E-state index >= 15 is 0 Å². The number of nitrogens with zero attached hydrogens (tertiary/aromatic N) is 1. The Bertz CT molecular complexity index is 705. The molecule has 2 amide bonds. The normalized spacial score (nSPS) is 17.9. The van der Waals surface area contributed by atoms with E-state index in [2.05, 4.69) is 5.32 Å². The molecule has 5 heteroatoms. The molecule has 21 heavy (non-hydrogen) atoms. The fourth-order valence-corrected chi connectivity index (χ4v) is 2.45. The van der Waals surface area contributed by atoms with Crippen LogP contribution in [0.3, 0.4) is 0 Å². The Morgan fingerprint density at radius 2 is 2.10 bits per heavy atom. The minimum absolute atomic E-state index is 0.197. The molecule has 2 aromatic rings. The Balaban J connectivity index is 2.00. The van der Waals surface area contributed by atoms with E-state index in [9.17, 15) is 9.59 Å². The summed E-state index contributed by atoms with van der Waals surface area (Å²) in [5.41, 5.74) is 2.43. The van der Waals surface area contributed by atoms with Crippen LogP contribution < -0.4 is 5.32 Å². The molecule has 1 N–H and O–H groups in total. The number of anilines is 1. The highest BCUT2D eigenvalue weighted by Crippen LogP contribution is 2.25. The average molecular weight is 284 g/mol. The fourth-order valence-electron chi connectivity index (χ4n) is 2.45. The van der Waals surface area contributed by atoms with Crippen molar-refractivity contribution in [2.75, 3.05) is 5.32 Å². The molecule has 108 valence electrons. The van der Waals surface area contributed by atoms with Crippen LogP contribution in [0.25, 0.3) is 0 Å². The number of aryl methyl sites for hydroxylation is 1. The Morgan fingerprint density at radius 1 is 1.33 bits per heavy atom. The van der Waals surface area contributed by atoms with Crippen molar-refractivity contribution >= 4 is 17.5 Å². The predicted octanol–water partition coefficient (Wildman–Crippen LogP) is 2.57. The molecule has 0 spiro atoms. The summed E-state index contributed by atoms with van der Waals surface area (Å²) in [5.74, 6) is -0.177. The molecule has 1 aliphatic heterocycles. The number of carbonyl (C=O) groups excluding carboxylic acids is 2. The summed E-state index contributed by atoms with van der Waals surface area (Å²) in [6.07, 6.45) is 1.49. The van der Waals surface area contributed by atoms with Crippen molar-refractivity contribution < 1.29 is 14.0 Å². The minimum Gasteiger partial charge on any atom is -0.459 e. The van der Waals surface area contributed by atoms with Crippen molar-refractivity contribution in [3.05, 3.63) is 53.5 Å². The second kappa shape index (κ2) is 5.09. The molecular weight excluding hydrogens is 268 g/mol. The van der Waals surface area contributed by atoms with Gasteiger partial charge in [-0.2, -0.15) is 0 Å². The molecule has 2 heterocycles. The first-order chi connectivity index (χ1) is 10.1. The fraction of sp³-hybridized carbons (Fsp3) is 0.250. The maximum atomic E-state index is 12.7. The number of carbonyl (C=O) groups is 2. The highest BCUT2D eigenvalue weighted by molar-refractivity contribution is 6.01. The monoisotopic (exact) mass is 284 g/mol. The van der Waals surface area contributed by atoms with Gasteiger partial charge in [-0.1, -0.05) is 18.2 Å². The Kier molecular flexibility index (Phi) is 3.25. The van der Waals surface area contributed by atoms with Crippen molar-refractivity contribution in [1.29, 1.82) is 0 Å². The minimum atomic E-state index is -0.561. The number of hydrogen-bond acceptors (Lipinski definition) is 3.